The Labute approximate surface area is 122 Å². The van der Waals surface area contributed by atoms with Crippen LogP contribution in [0.1, 0.15) is 28.9 Å². The van der Waals surface area contributed by atoms with Crippen molar-refractivity contribution < 1.29 is 18.4 Å². The lowest BCUT2D eigenvalue weighted by molar-refractivity contribution is 0.0929. The quantitative estimate of drug-likeness (QED) is 0.297. The van der Waals surface area contributed by atoms with Crippen molar-refractivity contribution in [3.05, 3.63) is 29.6 Å². The highest BCUT2D eigenvalue weighted by Gasteiger charge is 2.25. The molecule has 0 aliphatic carbocycles. The maximum atomic E-state index is 12.0. The lowest BCUT2D eigenvalue weighted by Crippen LogP contribution is -2.41. The van der Waals surface area contributed by atoms with Crippen molar-refractivity contribution in [2.24, 2.45) is 10.9 Å². The monoisotopic (exact) mass is 312 g/mol. The van der Waals surface area contributed by atoms with E-state index in [4.69, 9.17) is 10.9 Å². The zero-order valence-corrected chi connectivity index (χ0v) is 12.0. The molecule has 21 heavy (non-hydrogen) atoms. The van der Waals surface area contributed by atoms with Crippen LogP contribution in [0.3, 0.4) is 0 Å². The predicted molar refractivity (Wildman–Crippen MR) is 75.9 cm³/mol. The standard InChI is InChI=1S/C12H16N4O4S/c13-11(16-18)8-1-2-10(14-7-8)12(17)15-9-3-5-21(19,20)6-4-9/h1-2,7,9,18H,3-6H2,(H2,13,16)(H,15,17). The SMILES string of the molecule is NC(=NO)c1ccc(C(=O)NC2CCS(=O)(=O)CC2)nc1. The summed E-state index contributed by atoms with van der Waals surface area (Å²) in [5.41, 5.74) is 5.99. The molecule has 1 aliphatic rings. The van der Waals surface area contributed by atoms with Crippen LogP contribution in [-0.4, -0.2) is 47.9 Å². The lowest BCUT2D eigenvalue weighted by atomic mass is 10.1. The van der Waals surface area contributed by atoms with Crippen LogP contribution in [-0.2, 0) is 9.84 Å². The first-order chi connectivity index (χ1) is 9.91. The van der Waals surface area contributed by atoms with Crippen LogP contribution in [0.15, 0.2) is 23.5 Å². The molecule has 0 radical (unpaired) electrons. The summed E-state index contributed by atoms with van der Waals surface area (Å²) in [5.74, 6) is -0.279. The molecule has 0 saturated carbocycles. The van der Waals surface area contributed by atoms with Crippen molar-refractivity contribution in [3.63, 3.8) is 0 Å². The highest BCUT2D eigenvalue weighted by atomic mass is 32.2. The maximum absolute atomic E-state index is 12.0. The fourth-order valence-electron chi connectivity index (χ4n) is 2.03. The number of hydrogen-bond acceptors (Lipinski definition) is 6. The summed E-state index contributed by atoms with van der Waals surface area (Å²) >= 11 is 0. The molecule has 0 aromatic carbocycles. The van der Waals surface area contributed by atoms with Crippen molar-refractivity contribution in [3.8, 4) is 0 Å². The number of pyridine rings is 1. The summed E-state index contributed by atoms with van der Waals surface area (Å²) in [6, 6.07) is 2.82. The number of hydrogen-bond donors (Lipinski definition) is 3. The first kappa shape index (κ1) is 15.2. The Morgan fingerprint density at radius 3 is 2.57 bits per heavy atom. The number of nitrogens with one attached hydrogen (secondary N) is 1. The van der Waals surface area contributed by atoms with Gasteiger partial charge in [0.1, 0.15) is 15.5 Å². The second-order valence-electron chi connectivity index (χ2n) is 4.82. The number of carbonyl (C=O) groups is 1. The van der Waals surface area contributed by atoms with Gasteiger partial charge in [0.05, 0.1) is 11.5 Å². The average Bonchev–Trinajstić information content (AvgIpc) is 2.48. The van der Waals surface area contributed by atoms with Crippen LogP contribution in [0.2, 0.25) is 0 Å². The van der Waals surface area contributed by atoms with Crippen LogP contribution in [0, 0.1) is 0 Å². The number of nitrogens with zero attached hydrogens (tertiary/aromatic N) is 2. The fourth-order valence-corrected chi connectivity index (χ4v) is 3.52. The third-order valence-electron chi connectivity index (χ3n) is 3.29. The summed E-state index contributed by atoms with van der Waals surface area (Å²) in [7, 11) is -2.95. The molecule has 114 valence electrons. The van der Waals surface area contributed by atoms with Gasteiger partial charge in [-0.15, -0.1) is 0 Å². The van der Waals surface area contributed by atoms with Crippen molar-refractivity contribution in [2.45, 2.75) is 18.9 Å². The Morgan fingerprint density at radius 1 is 1.38 bits per heavy atom. The van der Waals surface area contributed by atoms with Gasteiger partial charge in [0.25, 0.3) is 5.91 Å². The van der Waals surface area contributed by atoms with Crippen LogP contribution in [0.5, 0.6) is 0 Å². The molecule has 1 aromatic heterocycles. The number of rotatable bonds is 3. The molecule has 0 bridgehead atoms. The predicted octanol–water partition coefficient (Wildman–Crippen LogP) is -0.517. The number of amides is 1. The first-order valence-corrected chi connectivity index (χ1v) is 8.18. The molecule has 1 aliphatic heterocycles. The van der Waals surface area contributed by atoms with Crippen LogP contribution < -0.4 is 11.1 Å². The summed E-state index contributed by atoms with van der Waals surface area (Å²) in [4.78, 5) is 15.9. The Hall–Kier alpha value is -2.16. The van der Waals surface area contributed by atoms with E-state index < -0.39 is 9.84 Å². The molecule has 2 heterocycles. The summed E-state index contributed by atoms with van der Waals surface area (Å²) in [6.45, 7) is 0. The zero-order valence-electron chi connectivity index (χ0n) is 11.2. The third-order valence-corrected chi connectivity index (χ3v) is 5.00. The number of amidine groups is 1. The normalized spacial score (nSPS) is 19.1. The van der Waals surface area contributed by atoms with E-state index in [0.717, 1.165) is 0 Å². The van der Waals surface area contributed by atoms with E-state index in [2.05, 4.69) is 15.5 Å². The van der Waals surface area contributed by atoms with Gasteiger partial charge in [-0.2, -0.15) is 0 Å². The van der Waals surface area contributed by atoms with Gasteiger partial charge >= 0.3 is 0 Å². The van der Waals surface area contributed by atoms with Gasteiger partial charge in [0, 0.05) is 17.8 Å². The summed E-state index contributed by atoms with van der Waals surface area (Å²) in [6.07, 6.45) is 2.15. The van der Waals surface area contributed by atoms with Gasteiger partial charge in [0.2, 0.25) is 0 Å². The second-order valence-corrected chi connectivity index (χ2v) is 7.12. The molecule has 1 fully saturated rings. The highest BCUT2D eigenvalue weighted by molar-refractivity contribution is 7.91. The fraction of sp³-hybridized carbons (Fsp3) is 0.417. The van der Waals surface area contributed by atoms with Gasteiger partial charge in [-0.25, -0.2) is 8.42 Å². The molecule has 8 nitrogen and oxygen atoms in total. The van der Waals surface area contributed by atoms with Crippen molar-refractivity contribution in [2.75, 3.05) is 11.5 Å². The number of aromatic nitrogens is 1. The number of oxime groups is 1. The lowest BCUT2D eigenvalue weighted by Gasteiger charge is -2.22. The van der Waals surface area contributed by atoms with Crippen molar-refractivity contribution >= 4 is 21.6 Å². The third kappa shape index (κ3) is 3.91. The van der Waals surface area contributed by atoms with Crippen molar-refractivity contribution in [1.82, 2.24) is 10.3 Å². The first-order valence-electron chi connectivity index (χ1n) is 6.36. The molecule has 1 aromatic rings. The van der Waals surface area contributed by atoms with E-state index in [1.807, 2.05) is 0 Å². The van der Waals surface area contributed by atoms with Gasteiger partial charge in [-0.1, -0.05) is 5.16 Å². The number of carbonyl (C=O) groups excluding carboxylic acids is 1. The second kappa shape index (κ2) is 6.08. The number of sulfone groups is 1. The van der Waals surface area contributed by atoms with Crippen molar-refractivity contribution in [1.29, 1.82) is 0 Å². The van der Waals surface area contributed by atoms with E-state index in [9.17, 15) is 13.2 Å². The Bertz CT molecular complexity index is 640. The van der Waals surface area contributed by atoms with E-state index in [-0.39, 0.29) is 35.0 Å². The Balaban J connectivity index is 1.98. The van der Waals surface area contributed by atoms with Gasteiger partial charge in [-0.3, -0.25) is 9.78 Å². The van der Waals surface area contributed by atoms with Gasteiger partial charge in [-0.05, 0) is 25.0 Å². The van der Waals surface area contributed by atoms with Gasteiger partial charge < -0.3 is 16.3 Å². The largest absolute Gasteiger partial charge is 0.409 e. The molecule has 0 unspecified atom stereocenters. The molecular formula is C12H16N4O4S. The topological polar surface area (TPSA) is 135 Å². The molecule has 2 rings (SSSR count). The molecular weight excluding hydrogens is 296 g/mol. The zero-order chi connectivity index (χ0) is 15.5. The van der Waals surface area contributed by atoms with Crippen LogP contribution in [0.4, 0.5) is 0 Å². The average molecular weight is 312 g/mol. The molecule has 1 saturated heterocycles. The minimum atomic E-state index is -2.95. The van der Waals surface area contributed by atoms with E-state index in [0.29, 0.717) is 18.4 Å². The Morgan fingerprint density at radius 2 is 2.05 bits per heavy atom. The van der Waals surface area contributed by atoms with Gasteiger partial charge in [0.15, 0.2) is 5.84 Å². The summed E-state index contributed by atoms with van der Waals surface area (Å²) < 4.78 is 22.6. The smallest absolute Gasteiger partial charge is 0.270 e. The molecule has 4 N–H and O–H groups in total. The maximum Gasteiger partial charge on any atom is 0.270 e. The summed E-state index contributed by atoms with van der Waals surface area (Å²) in [5, 5.41) is 14.1. The Kier molecular flexibility index (Phi) is 4.41. The number of nitrogens with two attached hydrogens (primary N) is 1. The molecule has 9 heteroatoms. The molecule has 1 amide bonds. The molecule has 0 atom stereocenters. The highest BCUT2D eigenvalue weighted by Crippen LogP contribution is 2.12. The van der Waals surface area contributed by atoms with Crippen LogP contribution in [0.25, 0.3) is 0 Å². The minimum Gasteiger partial charge on any atom is -0.409 e. The molecule has 0 spiro atoms. The van der Waals surface area contributed by atoms with Crippen LogP contribution >= 0.6 is 0 Å². The van der Waals surface area contributed by atoms with E-state index in [1.54, 1.807) is 0 Å². The van der Waals surface area contributed by atoms with E-state index >= 15 is 0 Å². The van der Waals surface area contributed by atoms with E-state index in [1.165, 1.54) is 18.3 Å². The minimum absolute atomic E-state index is 0.0908.